The molecule has 1 amide bonds. The highest BCUT2D eigenvalue weighted by atomic mass is 35.5. The molecule has 2 N–H and O–H groups in total. The molecule has 3 rings (SSSR count). The van der Waals surface area contributed by atoms with Crippen LogP contribution in [-0.2, 0) is 0 Å². The quantitative estimate of drug-likeness (QED) is 0.907. The molecular weight excluding hydrogens is 332 g/mol. The summed E-state index contributed by atoms with van der Waals surface area (Å²) in [5, 5.41) is 1.32. The molecular formula is C17H19ClN2O2S. The molecule has 0 saturated carbocycles. The number of benzene rings is 1. The van der Waals surface area contributed by atoms with Crippen molar-refractivity contribution in [2.75, 3.05) is 13.1 Å². The lowest BCUT2D eigenvalue weighted by molar-refractivity contribution is 0.0643. The summed E-state index contributed by atoms with van der Waals surface area (Å²) < 4.78 is 5.69. The highest BCUT2D eigenvalue weighted by Crippen LogP contribution is 2.34. The van der Waals surface area contributed by atoms with E-state index in [1.807, 2.05) is 31.2 Å². The fraction of sp³-hybridized carbons (Fsp3) is 0.353. The van der Waals surface area contributed by atoms with Gasteiger partial charge < -0.3 is 15.1 Å². The van der Waals surface area contributed by atoms with E-state index < -0.39 is 0 Å². The number of hydrogen-bond donors (Lipinski definition) is 1. The Morgan fingerprint density at radius 3 is 2.65 bits per heavy atom. The van der Waals surface area contributed by atoms with Gasteiger partial charge in [0.05, 0.1) is 5.02 Å². The third-order valence-electron chi connectivity index (χ3n) is 4.03. The minimum absolute atomic E-state index is 0.0773. The molecule has 122 valence electrons. The van der Waals surface area contributed by atoms with Crippen LogP contribution in [0.2, 0.25) is 5.02 Å². The molecule has 2 aromatic rings. The molecule has 0 radical (unpaired) electrons. The molecule has 0 spiro atoms. The van der Waals surface area contributed by atoms with E-state index in [1.165, 1.54) is 11.8 Å². The SMILES string of the molecule is CC1(N)CCN(C(=O)c2ccc(Sc3ccccc3Cl)o2)CC1. The Labute approximate surface area is 145 Å². The number of halogens is 1. The maximum absolute atomic E-state index is 12.5. The van der Waals surface area contributed by atoms with E-state index in [0.717, 1.165) is 17.7 Å². The first kappa shape index (κ1) is 16.4. The summed E-state index contributed by atoms with van der Waals surface area (Å²) in [5.74, 6) is 0.284. The summed E-state index contributed by atoms with van der Waals surface area (Å²) in [7, 11) is 0. The van der Waals surface area contributed by atoms with Gasteiger partial charge in [-0.25, -0.2) is 0 Å². The molecule has 1 aliphatic rings. The lowest BCUT2D eigenvalue weighted by Gasteiger charge is -2.36. The number of amides is 1. The zero-order valence-electron chi connectivity index (χ0n) is 12.9. The monoisotopic (exact) mass is 350 g/mol. The molecule has 1 fully saturated rings. The maximum Gasteiger partial charge on any atom is 0.289 e. The van der Waals surface area contributed by atoms with Crippen LogP contribution in [0.15, 0.2) is 50.8 Å². The number of nitrogens with zero attached hydrogens (tertiary/aromatic N) is 1. The number of piperidine rings is 1. The van der Waals surface area contributed by atoms with Gasteiger partial charge in [0, 0.05) is 23.5 Å². The number of carbonyl (C=O) groups is 1. The van der Waals surface area contributed by atoms with Crippen LogP contribution >= 0.6 is 23.4 Å². The van der Waals surface area contributed by atoms with Crippen molar-refractivity contribution in [1.29, 1.82) is 0 Å². The van der Waals surface area contributed by atoms with Crippen molar-refractivity contribution < 1.29 is 9.21 Å². The van der Waals surface area contributed by atoms with Gasteiger partial charge in [-0.15, -0.1) is 0 Å². The van der Waals surface area contributed by atoms with Crippen molar-refractivity contribution in [3.8, 4) is 0 Å². The number of likely N-dealkylation sites (tertiary alicyclic amines) is 1. The van der Waals surface area contributed by atoms with Crippen LogP contribution in [0, 0.1) is 0 Å². The van der Waals surface area contributed by atoms with Crippen molar-refractivity contribution >= 4 is 29.3 Å². The highest BCUT2D eigenvalue weighted by Gasteiger charge is 2.29. The molecule has 0 unspecified atom stereocenters. The van der Waals surface area contributed by atoms with E-state index in [1.54, 1.807) is 17.0 Å². The van der Waals surface area contributed by atoms with Crippen LogP contribution in [0.4, 0.5) is 0 Å². The second-order valence-electron chi connectivity index (χ2n) is 6.10. The van der Waals surface area contributed by atoms with Crippen molar-refractivity contribution in [2.24, 2.45) is 5.73 Å². The third-order valence-corrected chi connectivity index (χ3v) is 5.47. The summed E-state index contributed by atoms with van der Waals surface area (Å²) in [4.78, 5) is 15.2. The Morgan fingerprint density at radius 1 is 1.26 bits per heavy atom. The predicted molar refractivity (Wildman–Crippen MR) is 92.0 cm³/mol. The first-order valence-electron chi connectivity index (χ1n) is 7.55. The van der Waals surface area contributed by atoms with Crippen LogP contribution < -0.4 is 5.73 Å². The highest BCUT2D eigenvalue weighted by molar-refractivity contribution is 7.99. The van der Waals surface area contributed by atoms with E-state index in [2.05, 4.69) is 0 Å². The summed E-state index contributed by atoms with van der Waals surface area (Å²) >= 11 is 7.55. The molecule has 2 heterocycles. The van der Waals surface area contributed by atoms with Gasteiger partial charge in [0.25, 0.3) is 5.91 Å². The van der Waals surface area contributed by atoms with Crippen molar-refractivity contribution in [3.05, 3.63) is 47.2 Å². The normalized spacial score (nSPS) is 17.3. The largest absolute Gasteiger partial charge is 0.444 e. The van der Waals surface area contributed by atoms with E-state index in [4.69, 9.17) is 21.8 Å². The number of hydrogen-bond acceptors (Lipinski definition) is 4. The number of furan rings is 1. The van der Waals surface area contributed by atoms with Crippen LogP contribution in [0.3, 0.4) is 0 Å². The molecule has 6 heteroatoms. The summed E-state index contributed by atoms with van der Waals surface area (Å²) in [5.41, 5.74) is 5.93. The van der Waals surface area contributed by atoms with Crippen LogP contribution in [-0.4, -0.2) is 29.4 Å². The fourth-order valence-electron chi connectivity index (χ4n) is 2.50. The van der Waals surface area contributed by atoms with E-state index in [-0.39, 0.29) is 11.4 Å². The van der Waals surface area contributed by atoms with E-state index >= 15 is 0 Å². The molecule has 0 atom stereocenters. The first-order chi connectivity index (χ1) is 10.9. The van der Waals surface area contributed by atoms with Gasteiger partial charge >= 0.3 is 0 Å². The minimum atomic E-state index is -0.176. The molecule has 4 nitrogen and oxygen atoms in total. The molecule has 1 aliphatic heterocycles. The summed E-state index contributed by atoms with van der Waals surface area (Å²) in [6.07, 6.45) is 1.61. The third kappa shape index (κ3) is 3.91. The van der Waals surface area contributed by atoms with Gasteiger partial charge in [0.15, 0.2) is 10.9 Å². The predicted octanol–water partition coefficient (Wildman–Crippen LogP) is 4.04. The number of nitrogens with two attached hydrogens (primary N) is 1. The van der Waals surface area contributed by atoms with Gasteiger partial charge in [0.2, 0.25) is 0 Å². The van der Waals surface area contributed by atoms with Gasteiger partial charge in [-0.05, 0) is 44.0 Å². The molecule has 1 aromatic heterocycles. The Bertz CT molecular complexity index is 704. The molecule has 0 aliphatic carbocycles. The lowest BCUT2D eigenvalue weighted by atomic mass is 9.91. The number of rotatable bonds is 3. The Kier molecular flexibility index (Phi) is 4.71. The van der Waals surface area contributed by atoms with Crippen LogP contribution in [0.1, 0.15) is 30.3 Å². The van der Waals surface area contributed by atoms with Gasteiger partial charge in [-0.3, -0.25) is 4.79 Å². The van der Waals surface area contributed by atoms with E-state index in [9.17, 15) is 4.79 Å². The minimum Gasteiger partial charge on any atom is -0.444 e. The zero-order valence-corrected chi connectivity index (χ0v) is 14.5. The molecule has 0 bridgehead atoms. The summed E-state index contributed by atoms with van der Waals surface area (Å²) in [6.45, 7) is 3.36. The maximum atomic E-state index is 12.5. The lowest BCUT2D eigenvalue weighted by Crippen LogP contribution is -2.49. The fourth-order valence-corrected chi connectivity index (χ4v) is 3.55. The standard InChI is InChI=1S/C17H19ClN2O2S/c1-17(19)8-10-20(11-9-17)16(21)13-6-7-15(22-13)23-14-5-3-2-4-12(14)18/h2-7H,8-11,19H2,1H3. The van der Waals surface area contributed by atoms with Gasteiger partial charge in [-0.2, -0.15) is 0 Å². The summed E-state index contributed by atoms with van der Waals surface area (Å²) in [6, 6.07) is 11.1. The Balaban J connectivity index is 1.67. The van der Waals surface area contributed by atoms with Crippen molar-refractivity contribution in [3.63, 3.8) is 0 Å². The van der Waals surface area contributed by atoms with Crippen LogP contribution in [0.25, 0.3) is 0 Å². The molecule has 1 aromatic carbocycles. The van der Waals surface area contributed by atoms with Gasteiger partial charge in [-0.1, -0.05) is 35.5 Å². The van der Waals surface area contributed by atoms with E-state index in [0.29, 0.717) is 29.0 Å². The average Bonchev–Trinajstić information content (AvgIpc) is 2.97. The molecule has 23 heavy (non-hydrogen) atoms. The number of carbonyl (C=O) groups excluding carboxylic acids is 1. The van der Waals surface area contributed by atoms with Crippen molar-refractivity contribution in [1.82, 2.24) is 4.90 Å². The first-order valence-corrected chi connectivity index (χ1v) is 8.74. The Hall–Kier alpha value is -1.43. The van der Waals surface area contributed by atoms with Gasteiger partial charge in [0.1, 0.15) is 0 Å². The second-order valence-corrected chi connectivity index (χ2v) is 7.55. The zero-order chi connectivity index (χ0) is 16.4. The topological polar surface area (TPSA) is 59.5 Å². The van der Waals surface area contributed by atoms with Crippen molar-refractivity contribution in [2.45, 2.75) is 35.3 Å². The average molecular weight is 351 g/mol. The molecule has 1 saturated heterocycles. The van der Waals surface area contributed by atoms with Crippen LogP contribution in [0.5, 0.6) is 0 Å². The second kappa shape index (κ2) is 6.59. The Morgan fingerprint density at radius 2 is 1.96 bits per heavy atom. The smallest absolute Gasteiger partial charge is 0.289 e.